The van der Waals surface area contributed by atoms with Crippen molar-refractivity contribution in [1.82, 2.24) is 5.32 Å². The van der Waals surface area contributed by atoms with Gasteiger partial charge in [-0.3, -0.25) is 4.79 Å². The van der Waals surface area contributed by atoms with E-state index in [2.05, 4.69) is 26.4 Å². The molecular formula is C10H11BrFN3O2. The molecule has 1 amide bonds. The van der Waals surface area contributed by atoms with Crippen LogP contribution in [0, 0.1) is 5.82 Å². The molecule has 1 atom stereocenters. The minimum Gasteiger partial charge on any atom is -0.409 e. The van der Waals surface area contributed by atoms with Crippen molar-refractivity contribution in [2.24, 2.45) is 10.9 Å². The van der Waals surface area contributed by atoms with Crippen molar-refractivity contribution >= 4 is 27.7 Å². The Balaban J connectivity index is 2.84. The molecule has 0 aliphatic heterocycles. The molecule has 1 rings (SSSR count). The van der Waals surface area contributed by atoms with Gasteiger partial charge in [-0.25, -0.2) is 4.39 Å². The SMILES string of the molecule is CC(NC(=O)c1ccc(Br)cc1F)/C(N)=N/O. The Morgan fingerprint density at radius 3 is 2.82 bits per heavy atom. The predicted molar refractivity (Wildman–Crippen MR) is 64.4 cm³/mol. The molecule has 0 fully saturated rings. The van der Waals surface area contributed by atoms with Crippen LogP contribution in [0.15, 0.2) is 27.8 Å². The van der Waals surface area contributed by atoms with Gasteiger partial charge in [0.05, 0.1) is 11.6 Å². The van der Waals surface area contributed by atoms with E-state index >= 15 is 0 Å². The topological polar surface area (TPSA) is 87.7 Å². The quantitative estimate of drug-likeness (QED) is 0.342. The van der Waals surface area contributed by atoms with Crippen LogP contribution in [-0.4, -0.2) is 23.0 Å². The number of carbonyl (C=O) groups is 1. The van der Waals surface area contributed by atoms with E-state index in [-0.39, 0.29) is 11.4 Å². The summed E-state index contributed by atoms with van der Waals surface area (Å²) in [4.78, 5) is 11.6. The number of amidine groups is 1. The summed E-state index contributed by atoms with van der Waals surface area (Å²) in [5.74, 6) is -1.44. The molecule has 0 bridgehead atoms. The molecule has 5 nitrogen and oxygen atoms in total. The zero-order valence-electron chi connectivity index (χ0n) is 8.95. The number of hydrogen-bond acceptors (Lipinski definition) is 3. The maximum atomic E-state index is 13.4. The fraction of sp³-hybridized carbons (Fsp3) is 0.200. The van der Waals surface area contributed by atoms with Gasteiger partial charge in [0.15, 0.2) is 5.84 Å². The third kappa shape index (κ3) is 3.42. The Hall–Kier alpha value is -1.63. The molecule has 0 saturated carbocycles. The van der Waals surface area contributed by atoms with Gasteiger partial charge in [0, 0.05) is 4.47 Å². The zero-order valence-corrected chi connectivity index (χ0v) is 10.5. The number of halogens is 2. The molecule has 0 radical (unpaired) electrons. The lowest BCUT2D eigenvalue weighted by Gasteiger charge is -2.12. The Kier molecular flexibility index (Phi) is 4.45. The normalized spacial score (nSPS) is 13.2. The minimum absolute atomic E-state index is 0.106. The van der Waals surface area contributed by atoms with E-state index in [0.717, 1.165) is 0 Å². The van der Waals surface area contributed by atoms with Gasteiger partial charge in [-0.15, -0.1) is 0 Å². The molecular weight excluding hydrogens is 293 g/mol. The average Bonchev–Trinajstić information content (AvgIpc) is 2.27. The van der Waals surface area contributed by atoms with Crippen LogP contribution in [0.5, 0.6) is 0 Å². The average molecular weight is 304 g/mol. The fourth-order valence-corrected chi connectivity index (χ4v) is 1.44. The first-order valence-corrected chi connectivity index (χ1v) is 5.48. The Morgan fingerprint density at radius 2 is 2.29 bits per heavy atom. The molecule has 4 N–H and O–H groups in total. The number of amides is 1. The molecule has 1 aromatic carbocycles. The van der Waals surface area contributed by atoms with Gasteiger partial charge >= 0.3 is 0 Å². The molecule has 17 heavy (non-hydrogen) atoms. The van der Waals surface area contributed by atoms with E-state index in [9.17, 15) is 9.18 Å². The summed E-state index contributed by atoms with van der Waals surface area (Å²) in [7, 11) is 0. The summed E-state index contributed by atoms with van der Waals surface area (Å²) in [5, 5.41) is 13.6. The van der Waals surface area contributed by atoms with Crippen LogP contribution in [0.1, 0.15) is 17.3 Å². The molecule has 7 heteroatoms. The smallest absolute Gasteiger partial charge is 0.254 e. The van der Waals surface area contributed by atoms with E-state index in [1.54, 1.807) is 6.07 Å². The van der Waals surface area contributed by atoms with Crippen LogP contribution in [0.25, 0.3) is 0 Å². The van der Waals surface area contributed by atoms with Gasteiger partial charge in [0.2, 0.25) is 0 Å². The van der Waals surface area contributed by atoms with Gasteiger partial charge in [-0.1, -0.05) is 21.1 Å². The van der Waals surface area contributed by atoms with Crippen molar-refractivity contribution in [3.8, 4) is 0 Å². The molecule has 1 unspecified atom stereocenters. The van der Waals surface area contributed by atoms with E-state index in [0.29, 0.717) is 4.47 Å². The van der Waals surface area contributed by atoms with Crippen LogP contribution in [0.3, 0.4) is 0 Å². The molecule has 0 aromatic heterocycles. The second-order valence-electron chi connectivity index (χ2n) is 3.34. The molecule has 0 saturated heterocycles. The standard InChI is InChI=1S/C10H11BrFN3O2/c1-5(9(13)15-17)14-10(16)7-3-2-6(11)4-8(7)12/h2-5,17H,1H3,(H2,13,15)(H,14,16). The van der Waals surface area contributed by atoms with Crippen molar-refractivity contribution in [2.45, 2.75) is 13.0 Å². The molecule has 0 aliphatic carbocycles. The Morgan fingerprint density at radius 1 is 1.65 bits per heavy atom. The zero-order chi connectivity index (χ0) is 13.0. The van der Waals surface area contributed by atoms with Gasteiger partial charge in [-0.05, 0) is 25.1 Å². The third-order valence-corrected chi connectivity index (χ3v) is 2.58. The van der Waals surface area contributed by atoms with Gasteiger partial charge < -0.3 is 16.3 Å². The highest BCUT2D eigenvalue weighted by Crippen LogP contribution is 2.15. The fourth-order valence-electron chi connectivity index (χ4n) is 1.11. The number of benzene rings is 1. The number of hydrogen-bond donors (Lipinski definition) is 3. The summed E-state index contributed by atoms with van der Waals surface area (Å²) in [6, 6.07) is 3.39. The molecule has 0 spiro atoms. The van der Waals surface area contributed by atoms with Gasteiger partial charge in [0.25, 0.3) is 5.91 Å². The van der Waals surface area contributed by atoms with E-state index < -0.39 is 17.8 Å². The second kappa shape index (κ2) is 5.62. The predicted octanol–water partition coefficient (Wildman–Crippen LogP) is 1.45. The number of oxime groups is 1. The molecule has 1 aromatic rings. The number of nitrogens with two attached hydrogens (primary N) is 1. The number of nitrogens with zero attached hydrogens (tertiary/aromatic N) is 1. The lowest BCUT2D eigenvalue weighted by molar-refractivity contribution is 0.0944. The summed E-state index contributed by atoms with van der Waals surface area (Å²) in [6.07, 6.45) is 0. The van der Waals surface area contributed by atoms with Crippen molar-refractivity contribution in [2.75, 3.05) is 0 Å². The summed E-state index contributed by atoms with van der Waals surface area (Å²) < 4.78 is 14.0. The van der Waals surface area contributed by atoms with Crippen LogP contribution in [-0.2, 0) is 0 Å². The van der Waals surface area contributed by atoms with Crippen LogP contribution >= 0.6 is 15.9 Å². The lowest BCUT2D eigenvalue weighted by Crippen LogP contribution is -2.42. The monoisotopic (exact) mass is 303 g/mol. The number of nitrogens with one attached hydrogen (secondary N) is 1. The molecule has 0 heterocycles. The minimum atomic E-state index is -0.685. The summed E-state index contributed by atoms with van der Waals surface area (Å²) >= 11 is 3.09. The Bertz CT molecular complexity index is 465. The first kappa shape index (κ1) is 13.4. The van der Waals surface area contributed by atoms with Crippen molar-refractivity contribution < 1.29 is 14.4 Å². The maximum absolute atomic E-state index is 13.4. The van der Waals surface area contributed by atoms with E-state index in [1.165, 1.54) is 19.1 Å². The third-order valence-electron chi connectivity index (χ3n) is 2.08. The van der Waals surface area contributed by atoms with Crippen LogP contribution in [0.4, 0.5) is 4.39 Å². The van der Waals surface area contributed by atoms with E-state index in [1.807, 2.05) is 0 Å². The summed E-state index contributed by atoms with van der Waals surface area (Å²) in [6.45, 7) is 1.52. The highest BCUT2D eigenvalue weighted by molar-refractivity contribution is 9.10. The first-order valence-electron chi connectivity index (χ1n) is 4.69. The maximum Gasteiger partial charge on any atom is 0.254 e. The molecule has 0 aliphatic rings. The van der Waals surface area contributed by atoms with Gasteiger partial charge in [0.1, 0.15) is 5.82 Å². The van der Waals surface area contributed by atoms with E-state index in [4.69, 9.17) is 10.9 Å². The first-order chi connectivity index (χ1) is 7.95. The second-order valence-corrected chi connectivity index (χ2v) is 4.26. The van der Waals surface area contributed by atoms with Gasteiger partial charge in [-0.2, -0.15) is 0 Å². The van der Waals surface area contributed by atoms with Crippen LogP contribution < -0.4 is 11.1 Å². The van der Waals surface area contributed by atoms with Crippen LogP contribution in [0.2, 0.25) is 0 Å². The number of rotatable bonds is 3. The van der Waals surface area contributed by atoms with Crippen molar-refractivity contribution in [3.63, 3.8) is 0 Å². The van der Waals surface area contributed by atoms with Crippen molar-refractivity contribution in [3.05, 3.63) is 34.1 Å². The number of carbonyl (C=O) groups excluding carboxylic acids is 1. The van der Waals surface area contributed by atoms with Crippen molar-refractivity contribution in [1.29, 1.82) is 0 Å². The highest BCUT2D eigenvalue weighted by Gasteiger charge is 2.16. The Labute approximate surface area is 106 Å². The summed E-state index contributed by atoms with van der Waals surface area (Å²) in [5.41, 5.74) is 5.18. The largest absolute Gasteiger partial charge is 0.409 e. The highest BCUT2D eigenvalue weighted by atomic mass is 79.9. The lowest BCUT2D eigenvalue weighted by atomic mass is 10.2. The molecule has 92 valence electrons.